The highest BCUT2D eigenvalue weighted by molar-refractivity contribution is 14.0. The molecule has 1 heterocycles. The van der Waals surface area contributed by atoms with Crippen LogP contribution in [-0.2, 0) is 5.41 Å². The number of nitrogens with zero attached hydrogens (tertiary/aromatic N) is 1. The maximum Gasteiger partial charge on any atom is 0.119 e. The number of rotatable bonds is 3. The number of fused-ring (bicyclic) bond motifs is 1. The lowest BCUT2D eigenvalue weighted by molar-refractivity contribution is 0.293. The van der Waals surface area contributed by atoms with Gasteiger partial charge >= 0.3 is 0 Å². The Kier molecular flexibility index (Phi) is 4.89. The van der Waals surface area contributed by atoms with E-state index in [0.717, 1.165) is 5.75 Å². The Morgan fingerprint density at radius 3 is 2.61 bits per heavy atom. The van der Waals surface area contributed by atoms with Gasteiger partial charge in [0.25, 0.3) is 0 Å². The molecular formula is C14H22INO2. The number of halogens is 1. The van der Waals surface area contributed by atoms with Crippen LogP contribution in [0.4, 0.5) is 5.69 Å². The number of methoxy groups -OCH3 is 1. The number of hydrogen-bond acceptors (Lipinski definition) is 3. The molecule has 0 radical (unpaired) electrons. The van der Waals surface area contributed by atoms with Crippen LogP contribution in [0.2, 0.25) is 0 Å². The van der Waals surface area contributed by atoms with Crippen molar-refractivity contribution in [3.63, 3.8) is 0 Å². The number of β-amino-alcohol motifs (C(OH)–C–C–N with tert-alkyl or cyclic N) is 1. The molecule has 3 nitrogen and oxygen atoms in total. The maximum absolute atomic E-state index is 9.17. The first-order valence-corrected chi connectivity index (χ1v) is 6.08. The van der Waals surface area contributed by atoms with Gasteiger partial charge in [0.2, 0.25) is 0 Å². The molecule has 0 spiro atoms. The lowest BCUT2D eigenvalue weighted by Gasteiger charge is -2.31. The molecule has 0 aliphatic carbocycles. The lowest BCUT2D eigenvalue weighted by atomic mass is 9.81. The van der Waals surface area contributed by atoms with Crippen molar-refractivity contribution in [2.75, 3.05) is 25.2 Å². The largest absolute Gasteiger partial charge is 0.497 e. The van der Waals surface area contributed by atoms with E-state index in [4.69, 9.17) is 4.74 Å². The van der Waals surface area contributed by atoms with Crippen molar-refractivity contribution in [1.82, 2.24) is 0 Å². The van der Waals surface area contributed by atoms with Gasteiger partial charge in [0.1, 0.15) is 5.75 Å². The predicted molar refractivity (Wildman–Crippen MR) is 85.3 cm³/mol. The number of aliphatic hydroxyl groups is 1. The molecule has 0 fully saturated rings. The number of anilines is 1. The normalized spacial score (nSPS) is 20.3. The summed E-state index contributed by atoms with van der Waals surface area (Å²) in [5.74, 6) is 0.898. The van der Waals surface area contributed by atoms with E-state index < -0.39 is 0 Å². The summed E-state index contributed by atoms with van der Waals surface area (Å²) in [5, 5.41) is 9.17. The molecule has 18 heavy (non-hydrogen) atoms. The average Bonchev–Trinajstić information content (AvgIpc) is 2.51. The third-order valence-electron chi connectivity index (χ3n) is 4.06. The second-order valence-corrected chi connectivity index (χ2v) is 5.20. The average molecular weight is 363 g/mol. The lowest BCUT2D eigenvalue weighted by Crippen LogP contribution is -2.40. The number of ether oxygens (including phenoxy) is 1. The minimum atomic E-state index is 0. The zero-order valence-corrected chi connectivity index (χ0v) is 13.8. The zero-order valence-electron chi connectivity index (χ0n) is 11.4. The van der Waals surface area contributed by atoms with E-state index in [1.165, 1.54) is 11.3 Å². The highest BCUT2D eigenvalue weighted by Gasteiger charge is 2.41. The summed E-state index contributed by atoms with van der Waals surface area (Å²) >= 11 is 0. The monoisotopic (exact) mass is 363 g/mol. The summed E-state index contributed by atoms with van der Waals surface area (Å²) in [6.07, 6.45) is 0. The molecule has 0 bridgehead atoms. The quantitative estimate of drug-likeness (QED) is 0.839. The van der Waals surface area contributed by atoms with Gasteiger partial charge in [-0.15, -0.1) is 24.0 Å². The van der Waals surface area contributed by atoms with Crippen molar-refractivity contribution in [3.05, 3.63) is 23.8 Å². The van der Waals surface area contributed by atoms with Crippen LogP contribution >= 0.6 is 24.0 Å². The second kappa shape index (κ2) is 5.65. The predicted octanol–water partition coefficient (Wildman–Crippen LogP) is 2.79. The second-order valence-electron chi connectivity index (χ2n) is 5.20. The van der Waals surface area contributed by atoms with Crippen LogP contribution in [0, 0.1) is 0 Å². The Hall–Kier alpha value is -0.490. The molecule has 1 atom stereocenters. The summed E-state index contributed by atoms with van der Waals surface area (Å²) in [5.41, 5.74) is 2.61. The summed E-state index contributed by atoms with van der Waals surface area (Å²) in [6.45, 7) is 7.57. The summed E-state index contributed by atoms with van der Waals surface area (Å²) in [6, 6.07) is 6.58. The van der Waals surface area contributed by atoms with Gasteiger partial charge in [-0.3, -0.25) is 0 Å². The van der Waals surface area contributed by atoms with Gasteiger partial charge in [-0.25, -0.2) is 0 Å². The number of benzene rings is 1. The van der Waals surface area contributed by atoms with E-state index in [2.05, 4.69) is 37.8 Å². The van der Waals surface area contributed by atoms with Gasteiger partial charge in [-0.05, 0) is 30.7 Å². The third kappa shape index (κ3) is 2.32. The standard InChI is InChI=1S/C14H21NO2.HI/c1-10-14(2,3)12-9-11(17-4)5-6-13(12)15(10)7-8-16;/h5-6,9-10,16H,7-8H2,1-4H3;1H. The Bertz CT molecular complexity index is 420. The van der Waals surface area contributed by atoms with Crippen LogP contribution in [0.15, 0.2) is 18.2 Å². The molecule has 1 aromatic carbocycles. The summed E-state index contributed by atoms with van der Waals surface area (Å²) in [4.78, 5) is 2.27. The van der Waals surface area contributed by atoms with E-state index in [0.29, 0.717) is 12.6 Å². The van der Waals surface area contributed by atoms with Crippen molar-refractivity contribution in [1.29, 1.82) is 0 Å². The Morgan fingerprint density at radius 2 is 2.06 bits per heavy atom. The van der Waals surface area contributed by atoms with E-state index >= 15 is 0 Å². The van der Waals surface area contributed by atoms with Gasteiger partial charge in [0, 0.05) is 23.7 Å². The van der Waals surface area contributed by atoms with Crippen LogP contribution in [0.1, 0.15) is 26.3 Å². The molecule has 1 N–H and O–H groups in total. The highest BCUT2D eigenvalue weighted by atomic mass is 127. The SMILES string of the molecule is COc1ccc2c(c1)C(C)(C)C(C)N2CCO.I. The molecule has 0 saturated carbocycles. The van der Waals surface area contributed by atoms with E-state index in [1.807, 2.05) is 6.07 Å². The topological polar surface area (TPSA) is 32.7 Å². The van der Waals surface area contributed by atoms with E-state index in [1.54, 1.807) is 7.11 Å². The fourth-order valence-electron chi connectivity index (χ4n) is 2.65. The van der Waals surface area contributed by atoms with Crippen molar-refractivity contribution in [2.24, 2.45) is 0 Å². The third-order valence-corrected chi connectivity index (χ3v) is 4.06. The van der Waals surface area contributed by atoms with Gasteiger partial charge in [-0.1, -0.05) is 13.8 Å². The minimum absolute atomic E-state index is 0. The molecule has 0 amide bonds. The van der Waals surface area contributed by atoms with Gasteiger partial charge in [0.05, 0.1) is 13.7 Å². The van der Waals surface area contributed by atoms with Crippen molar-refractivity contribution < 1.29 is 9.84 Å². The molecule has 0 saturated heterocycles. The molecule has 102 valence electrons. The molecule has 1 aliphatic rings. The van der Waals surface area contributed by atoms with Crippen molar-refractivity contribution >= 4 is 29.7 Å². The molecule has 1 aromatic rings. The first-order valence-electron chi connectivity index (χ1n) is 6.08. The fourth-order valence-corrected chi connectivity index (χ4v) is 2.65. The van der Waals surface area contributed by atoms with Crippen LogP contribution in [0.5, 0.6) is 5.75 Å². The minimum Gasteiger partial charge on any atom is -0.497 e. The smallest absolute Gasteiger partial charge is 0.119 e. The first kappa shape index (κ1) is 15.6. The maximum atomic E-state index is 9.17. The number of hydrogen-bond donors (Lipinski definition) is 1. The summed E-state index contributed by atoms with van der Waals surface area (Å²) < 4.78 is 5.30. The van der Waals surface area contributed by atoms with Crippen LogP contribution in [0.3, 0.4) is 0 Å². The van der Waals surface area contributed by atoms with Gasteiger partial charge < -0.3 is 14.7 Å². The number of aliphatic hydroxyl groups excluding tert-OH is 1. The van der Waals surface area contributed by atoms with E-state index in [9.17, 15) is 5.11 Å². The Labute approximate surface area is 126 Å². The van der Waals surface area contributed by atoms with Crippen molar-refractivity contribution in [3.8, 4) is 5.75 Å². The first-order chi connectivity index (χ1) is 8.02. The van der Waals surface area contributed by atoms with Crippen LogP contribution < -0.4 is 9.64 Å². The molecule has 1 unspecified atom stereocenters. The van der Waals surface area contributed by atoms with Crippen molar-refractivity contribution in [2.45, 2.75) is 32.2 Å². The highest BCUT2D eigenvalue weighted by Crippen LogP contribution is 2.46. The molecule has 4 heteroatoms. The van der Waals surface area contributed by atoms with E-state index in [-0.39, 0.29) is 36.0 Å². The summed E-state index contributed by atoms with van der Waals surface area (Å²) in [7, 11) is 1.69. The van der Waals surface area contributed by atoms with Crippen LogP contribution in [0.25, 0.3) is 0 Å². The zero-order chi connectivity index (χ0) is 12.6. The van der Waals surface area contributed by atoms with Gasteiger partial charge in [-0.2, -0.15) is 0 Å². The molecule has 2 rings (SSSR count). The van der Waals surface area contributed by atoms with Crippen LogP contribution in [-0.4, -0.2) is 31.4 Å². The molecular weight excluding hydrogens is 341 g/mol. The Morgan fingerprint density at radius 1 is 1.39 bits per heavy atom. The Balaban J connectivity index is 0.00000162. The molecule has 1 aliphatic heterocycles. The van der Waals surface area contributed by atoms with Gasteiger partial charge in [0.15, 0.2) is 0 Å². The molecule has 0 aromatic heterocycles. The fraction of sp³-hybridized carbons (Fsp3) is 0.571.